The number of aryl methyl sites for hydroxylation is 1. The summed E-state index contributed by atoms with van der Waals surface area (Å²) in [5.41, 5.74) is 2.51. The molecule has 21 heavy (non-hydrogen) atoms. The number of fused-ring (bicyclic) bond motifs is 1. The summed E-state index contributed by atoms with van der Waals surface area (Å²) in [5.74, 6) is 1.82. The van der Waals surface area contributed by atoms with Gasteiger partial charge >= 0.3 is 0 Å². The second-order valence-corrected chi connectivity index (χ2v) is 6.63. The Kier molecular flexibility index (Phi) is 4.10. The second-order valence-electron chi connectivity index (χ2n) is 6.63. The maximum atomic E-state index is 13.8. The van der Waals surface area contributed by atoms with Crippen molar-refractivity contribution in [1.82, 2.24) is 0 Å². The lowest BCUT2D eigenvalue weighted by molar-refractivity contribution is 0.206. The van der Waals surface area contributed by atoms with E-state index in [0.717, 1.165) is 24.3 Å². The van der Waals surface area contributed by atoms with Crippen LogP contribution in [0, 0.1) is 34.9 Å². The van der Waals surface area contributed by atoms with E-state index in [1.807, 2.05) is 6.07 Å². The molecule has 1 fully saturated rings. The summed E-state index contributed by atoms with van der Waals surface area (Å²) in [6, 6.07) is 5.31. The fourth-order valence-corrected chi connectivity index (χ4v) is 4.15. The highest BCUT2D eigenvalue weighted by Gasteiger charge is 2.29. The quantitative estimate of drug-likeness (QED) is 0.716. The summed E-state index contributed by atoms with van der Waals surface area (Å²) in [4.78, 5) is 0. The van der Waals surface area contributed by atoms with Crippen LogP contribution in [0.15, 0.2) is 24.8 Å². The number of allylic oxidation sites excluding steroid dienone is 1. The van der Waals surface area contributed by atoms with Crippen LogP contribution in [0.3, 0.4) is 0 Å². The van der Waals surface area contributed by atoms with Gasteiger partial charge in [0.05, 0.1) is 5.56 Å². The summed E-state index contributed by atoms with van der Waals surface area (Å²) in [5, 5.41) is 8.93. The molecule has 2 aliphatic carbocycles. The molecule has 3 rings (SSSR count). The van der Waals surface area contributed by atoms with E-state index in [1.165, 1.54) is 37.7 Å². The van der Waals surface area contributed by atoms with E-state index in [9.17, 15) is 4.39 Å². The Hall–Kier alpha value is -1.62. The summed E-state index contributed by atoms with van der Waals surface area (Å²) >= 11 is 0. The molecule has 0 aromatic heterocycles. The minimum absolute atomic E-state index is 0.193. The van der Waals surface area contributed by atoms with E-state index in [2.05, 4.69) is 12.7 Å². The van der Waals surface area contributed by atoms with Gasteiger partial charge in [-0.3, -0.25) is 0 Å². The van der Waals surface area contributed by atoms with Crippen molar-refractivity contribution in [2.75, 3.05) is 0 Å². The molecule has 1 saturated carbocycles. The van der Waals surface area contributed by atoms with Crippen molar-refractivity contribution < 1.29 is 4.39 Å². The van der Waals surface area contributed by atoms with Gasteiger partial charge < -0.3 is 0 Å². The Bertz CT molecular complexity index is 576. The van der Waals surface area contributed by atoms with E-state index >= 15 is 0 Å². The van der Waals surface area contributed by atoms with Crippen LogP contribution in [-0.4, -0.2) is 0 Å². The second kappa shape index (κ2) is 6.02. The third-order valence-corrected chi connectivity index (χ3v) is 5.49. The zero-order valence-electron chi connectivity index (χ0n) is 12.4. The van der Waals surface area contributed by atoms with Crippen molar-refractivity contribution in [2.45, 2.75) is 44.9 Å². The fraction of sp³-hybridized carbons (Fsp3) is 0.526. The molecular weight excluding hydrogens is 261 g/mol. The first-order valence-corrected chi connectivity index (χ1v) is 8.05. The van der Waals surface area contributed by atoms with E-state index in [-0.39, 0.29) is 11.4 Å². The van der Waals surface area contributed by atoms with Crippen LogP contribution in [0.5, 0.6) is 0 Å². The lowest BCUT2D eigenvalue weighted by atomic mass is 9.70. The highest BCUT2D eigenvalue weighted by atomic mass is 19.1. The number of nitrogens with zero attached hydrogens (tertiary/aromatic N) is 1. The Morgan fingerprint density at radius 3 is 2.52 bits per heavy atom. The highest BCUT2D eigenvalue weighted by molar-refractivity contribution is 5.40. The van der Waals surface area contributed by atoms with Gasteiger partial charge in [0.25, 0.3) is 0 Å². The van der Waals surface area contributed by atoms with E-state index in [4.69, 9.17) is 5.26 Å². The van der Waals surface area contributed by atoms with Gasteiger partial charge in [0, 0.05) is 0 Å². The lowest BCUT2D eigenvalue weighted by Gasteiger charge is -2.36. The van der Waals surface area contributed by atoms with Crippen LogP contribution in [0.25, 0.3) is 0 Å². The third kappa shape index (κ3) is 2.88. The first-order valence-electron chi connectivity index (χ1n) is 8.05. The first-order chi connectivity index (χ1) is 10.2. The Morgan fingerprint density at radius 1 is 1.10 bits per heavy atom. The summed E-state index contributed by atoms with van der Waals surface area (Å²) in [6.07, 6.45) is 10.4. The van der Waals surface area contributed by atoms with Gasteiger partial charge in [0.2, 0.25) is 0 Å². The first kappa shape index (κ1) is 14.3. The standard InChI is InChI=1S/C19H22FN/c1-2-13-3-5-14(6-4-13)15-7-8-16-10-18(12-21)19(20)11-17(16)9-15/h2,10-11,13-15H,1,3-9H2. The Labute approximate surface area is 126 Å². The van der Waals surface area contributed by atoms with E-state index < -0.39 is 0 Å². The number of nitriles is 1. The number of benzene rings is 1. The minimum atomic E-state index is -0.354. The van der Waals surface area contributed by atoms with Crippen LogP contribution in [0.1, 0.15) is 48.8 Å². The number of hydrogen-bond donors (Lipinski definition) is 0. The average molecular weight is 283 g/mol. The van der Waals surface area contributed by atoms with Gasteiger partial charge in [-0.25, -0.2) is 4.39 Å². The SMILES string of the molecule is C=CC1CCC(C2CCc3cc(C#N)c(F)cc3C2)CC1. The van der Waals surface area contributed by atoms with Crippen LogP contribution in [0.4, 0.5) is 4.39 Å². The maximum absolute atomic E-state index is 13.8. The van der Waals surface area contributed by atoms with Crippen LogP contribution >= 0.6 is 0 Å². The van der Waals surface area contributed by atoms with Crippen LogP contribution < -0.4 is 0 Å². The lowest BCUT2D eigenvalue weighted by Crippen LogP contribution is -2.26. The molecule has 0 heterocycles. The normalized spacial score (nSPS) is 28.5. The monoisotopic (exact) mass is 283 g/mol. The van der Waals surface area contributed by atoms with Gasteiger partial charge in [0.15, 0.2) is 0 Å². The van der Waals surface area contributed by atoms with Crippen molar-refractivity contribution in [2.24, 2.45) is 17.8 Å². The molecule has 0 amide bonds. The molecule has 2 heteroatoms. The topological polar surface area (TPSA) is 23.8 Å². The molecule has 1 aromatic rings. The number of rotatable bonds is 2. The molecular formula is C19H22FN. The largest absolute Gasteiger partial charge is 0.206 e. The van der Waals surface area contributed by atoms with Crippen molar-refractivity contribution in [3.63, 3.8) is 0 Å². The van der Waals surface area contributed by atoms with Crippen molar-refractivity contribution >= 4 is 0 Å². The third-order valence-electron chi connectivity index (χ3n) is 5.49. The van der Waals surface area contributed by atoms with Gasteiger partial charge in [-0.05, 0) is 86.0 Å². The van der Waals surface area contributed by atoms with E-state index in [1.54, 1.807) is 12.1 Å². The molecule has 0 aliphatic heterocycles. The van der Waals surface area contributed by atoms with Crippen molar-refractivity contribution in [3.8, 4) is 6.07 Å². The predicted molar refractivity (Wildman–Crippen MR) is 82.3 cm³/mol. The number of halogens is 1. The Balaban J connectivity index is 1.72. The van der Waals surface area contributed by atoms with Gasteiger partial charge in [-0.2, -0.15) is 5.26 Å². The van der Waals surface area contributed by atoms with Crippen LogP contribution in [0.2, 0.25) is 0 Å². The Morgan fingerprint density at radius 2 is 1.86 bits per heavy atom. The van der Waals surface area contributed by atoms with Crippen molar-refractivity contribution in [1.29, 1.82) is 5.26 Å². The summed E-state index contributed by atoms with van der Waals surface area (Å²) in [6.45, 7) is 3.91. The zero-order chi connectivity index (χ0) is 14.8. The van der Waals surface area contributed by atoms with E-state index in [0.29, 0.717) is 11.8 Å². The predicted octanol–water partition coefficient (Wildman–Crippen LogP) is 4.79. The smallest absolute Gasteiger partial charge is 0.141 e. The molecule has 1 aromatic carbocycles. The summed E-state index contributed by atoms with van der Waals surface area (Å²) in [7, 11) is 0. The van der Waals surface area contributed by atoms with Gasteiger partial charge in [0.1, 0.15) is 11.9 Å². The van der Waals surface area contributed by atoms with Crippen molar-refractivity contribution in [3.05, 3.63) is 47.3 Å². The molecule has 110 valence electrons. The fourth-order valence-electron chi connectivity index (χ4n) is 4.15. The molecule has 0 saturated heterocycles. The molecule has 0 N–H and O–H groups in total. The maximum Gasteiger partial charge on any atom is 0.141 e. The molecule has 1 unspecified atom stereocenters. The molecule has 0 bridgehead atoms. The molecule has 0 radical (unpaired) electrons. The molecule has 2 aliphatic rings. The van der Waals surface area contributed by atoms with Gasteiger partial charge in [-0.1, -0.05) is 6.08 Å². The molecule has 1 atom stereocenters. The van der Waals surface area contributed by atoms with Crippen LogP contribution in [-0.2, 0) is 12.8 Å². The minimum Gasteiger partial charge on any atom is -0.206 e. The average Bonchev–Trinajstić information content (AvgIpc) is 2.53. The number of hydrogen-bond acceptors (Lipinski definition) is 1. The molecule has 0 spiro atoms. The molecule has 1 nitrogen and oxygen atoms in total. The highest BCUT2D eigenvalue weighted by Crippen LogP contribution is 2.40. The summed E-state index contributed by atoms with van der Waals surface area (Å²) < 4.78 is 13.8. The van der Waals surface area contributed by atoms with Gasteiger partial charge in [-0.15, -0.1) is 6.58 Å². The zero-order valence-corrected chi connectivity index (χ0v) is 12.4.